The van der Waals surface area contributed by atoms with Gasteiger partial charge in [0.2, 0.25) is 0 Å². The van der Waals surface area contributed by atoms with Gasteiger partial charge in [-0.3, -0.25) is 0 Å². The Bertz CT molecular complexity index is 208. The zero-order valence-corrected chi connectivity index (χ0v) is 8.62. The summed E-state index contributed by atoms with van der Waals surface area (Å²) < 4.78 is 10.5. The predicted molar refractivity (Wildman–Crippen MR) is 49.6 cm³/mol. The van der Waals surface area contributed by atoms with Crippen LogP contribution in [0.2, 0.25) is 0 Å². The van der Waals surface area contributed by atoms with E-state index in [1.54, 1.807) is 6.08 Å². The monoisotopic (exact) mass is 250 g/mol. The van der Waals surface area contributed by atoms with Crippen molar-refractivity contribution in [2.75, 3.05) is 13.2 Å². The van der Waals surface area contributed by atoms with Gasteiger partial charge in [0.15, 0.2) is 6.29 Å². The number of allylic oxidation sites excluding steroid dienone is 1. The smallest absolute Gasteiger partial charge is 0.342 e. The minimum absolute atomic E-state index is 0.162. The van der Waals surface area contributed by atoms with Crippen molar-refractivity contribution in [1.29, 1.82) is 0 Å². The van der Waals surface area contributed by atoms with E-state index in [0.717, 1.165) is 0 Å². The Morgan fingerprint density at radius 1 is 1.54 bits per heavy atom. The van der Waals surface area contributed by atoms with E-state index in [4.69, 9.17) is 14.6 Å². The third kappa shape index (κ3) is 3.89. The fraction of sp³-hybridized carbons (Fsp3) is 0.625. The fourth-order valence-electron chi connectivity index (χ4n) is 1.01. The standard InChI is InChI=1S/C8H11BrO4/c9-6(8(10)11)2-1-3-7-12-4-5-13-7/h2,7H,1,3-5H2,(H,10,11)/b6-2+. The first-order valence-electron chi connectivity index (χ1n) is 4.02. The number of aliphatic carboxylic acids is 1. The minimum atomic E-state index is -0.951. The van der Waals surface area contributed by atoms with Crippen LogP contribution in [-0.4, -0.2) is 30.6 Å². The summed E-state index contributed by atoms with van der Waals surface area (Å²) in [5, 5.41) is 8.50. The van der Waals surface area contributed by atoms with Gasteiger partial charge in [-0.15, -0.1) is 0 Å². The van der Waals surface area contributed by atoms with Crippen LogP contribution in [0.25, 0.3) is 0 Å². The van der Waals surface area contributed by atoms with Crippen LogP contribution in [0, 0.1) is 0 Å². The first-order valence-corrected chi connectivity index (χ1v) is 4.81. The molecular weight excluding hydrogens is 240 g/mol. The summed E-state index contributed by atoms with van der Waals surface area (Å²) in [6.07, 6.45) is 2.78. The van der Waals surface area contributed by atoms with Crippen LogP contribution < -0.4 is 0 Å². The maximum Gasteiger partial charge on any atom is 0.342 e. The molecule has 1 aliphatic heterocycles. The molecule has 0 aliphatic carbocycles. The van der Waals surface area contributed by atoms with Crippen LogP contribution in [0.1, 0.15) is 12.8 Å². The van der Waals surface area contributed by atoms with Crippen LogP contribution in [0.3, 0.4) is 0 Å². The highest BCUT2D eigenvalue weighted by atomic mass is 79.9. The third-order valence-corrected chi connectivity index (χ3v) is 2.28. The molecule has 0 spiro atoms. The summed E-state index contributed by atoms with van der Waals surface area (Å²) in [6, 6.07) is 0. The molecule has 4 nitrogen and oxygen atoms in total. The molecule has 1 aliphatic rings. The van der Waals surface area contributed by atoms with Crippen molar-refractivity contribution in [1.82, 2.24) is 0 Å². The molecular formula is C8H11BrO4. The number of ether oxygens (including phenoxy) is 2. The van der Waals surface area contributed by atoms with E-state index >= 15 is 0 Å². The van der Waals surface area contributed by atoms with Crippen molar-refractivity contribution >= 4 is 21.9 Å². The van der Waals surface area contributed by atoms with Crippen LogP contribution in [0.5, 0.6) is 0 Å². The molecule has 1 N–H and O–H groups in total. The van der Waals surface area contributed by atoms with Crippen LogP contribution in [-0.2, 0) is 14.3 Å². The molecule has 0 bridgehead atoms. The Hall–Kier alpha value is -0.390. The average Bonchev–Trinajstić information content (AvgIpc) is 2.56. The molecule has 1 rings (SSSR count). The molecule has 5 heteroatoms. The van der Waals surface area contributed by atoms with Gasteiger partial charge in [-0.2, -0.15) is 0 Å². The normalized spacial score (nSPS) is 19.3. The molecule has 0 saturated carbocycles. The largest absolute Gasteiger partial charge is 0.477 e. The molecule has 0 radical (unpaired) electrons. The summed E-state index contributed by atoms with van der Waals surface area (Å²) >= 11 is 2.93. The van der Waals surface area contributed by atoms with Crippen LogP contribution >= 0.6 is 15.9 Å². The van der Waals surface area contributed by atoms with Crippen molar-refractivity contribution in [3.8, 4) is 0 Å². The molecule has 0 atom stereocenters. The number of carboxylic acids is 1. The zero-order valence-electron chi connectivity index (χ0n) is 7.03. The topological polar surface area (TPSA) is 55.8 Å². The molecule has 1 saturated heterocycles. The van der Waals surface area contributed by atoms with Gasteiger partial charge in [-0.25, -0.2) is 4.79 Å². The van der Waals surface area contributed by atoms with Crippen molar-refractivity contribution < 1.29 is 19.4 Å². The second kappa shape index (κ2) is 5.36. The molecule has 0 amide bonds. The van der Waals surface area contributed by atoms with Crippen LogP contribution in [0.15, 0.2) is 10.6 Å². The van der Waals surface area contributed by atoms with Gasteiger partial charge >= 0.3 is 5.97 Å². The number of hydrogen-bond acceptors (Lipinski definition) is 3. The molecule has 0 aromatic heterocycles. The SMILES string of the molecule is O=C(O)/C(Br)=C\CCC1OCCO1. The van der Waals surface area contributed by atoms with Crippen molar-refractivity contribution in [2.24, 2.45) is 0 Å². The molecule has 13 heavy (non-hydrogen) atoms. The van der Waals surface area contributed by atoms with E-state index in [1.807, 2.05) is 0 Å². The van der Waals surface area contributed by atoms with Gasteiger partial charge < -0.3 is 14.6 Å². The lowest BCUT2D eigenvalue weighted by Crippen LogP contribution is -2.06. The summed E-state index contributed by atoms with van der Waals surface area (Å²) in [7, 11) is 0. The Morgan fingerprint density at radius 2 is 2.15 bits per heavy atom. The number of carboxylic acid groups (broad SMARTS) is 1. The molecule has 74 valence electrons. The summed E-state index contributed by atoms with van der Waals surface area (Å²) in [4.78, 5) is 10.3. The summed E-state index contributed by atoms with van der Waals surface area (Å²) in [6.45, 7) is 1.27. The van der Waals surface area contributed by atoms with Gasteiger partial charge in [0.25, 0.3) is 0 Å². The molecule has 1 fully saturated rings. The van der Waals surface area contributed by atoms with Gasteiger partial charge in [0, 0.05) is 6.42 Å². The summed E-state index contributed by atoms with van der Waals surface area (Å²) in [5.74, 6) is -0.951. The zero-order chi connectivity index (χ0) is 9.68. The molecule has 0 unspecified atom stereocenters. The van der Waals surface area contributed by atoms with Gasteiger partial charge in [-0.1, -0.05) is 6.08 Å². The maximum absolute atomic E-state index is 10.3. The minimum Gasteiger partial charge on any atom is -0.477 e. The van der Waals surface area contributed by atoms with Crippen molar-refractivity contribution in [3.63, 3.8) is 0 Å². The predicted octanol–water partition coefficient (Wildman–Crippen LogP) is 1.50. The molecule has 1 heterocycles. The Kier molecular flexibility index (Phi) is 4.41. The highest BCUT2D eigenvalue weighted by Gasteiger charge is 2.14. The summed E-state index contributed by atoms with van der Waals surface area (Å²) in [5.41, 5.74) is 0. The van der Waals surface area contributed by atoms with Gasteiger partial charge in [-0.05, 0) is 22.4 Å². The molecule has 0 aromatic rings. The second-order valence-electron chi connectivity index (χ2n) is 2.61. The van der Waals surface area contributed by atoms with Crippen molar-refractivity contribution in [2.45, 2.75) is 19.1 Å². The quantitative estimate of drug-likeness (QED) is 0.769. The maximum atomic E-state index is 10.3. The van der Waals surface area contributed by atoms with E-state index in [0.29, 0.717) is 26.1 Å². The molecule has 0 aromatic carbocycles. The van der Waals surface area contributed by atoms with E-state index < -0.39 is 5.97 Å². The van der Waals surface area contributed by atoms with E-state index in [1.165, 1.54) is 0 Å². The number of hydrogen-bond donors (Lipinski definition) is 1. The first-order chi connectivity index (χ1) is 6.20. The highest BCUT2D eigenvalue weighted by molar-refractivity contribution is 9.12. The first kappa shape index (κ1) is 10.7. The number of carbonyl (C=O) groups is 1. The Morgan fingerprint density at radius 3 is 2.69 bits per heavy atom. The average molecular weight is 251 g/mol. The van der Waals surface area contributed by atoms with E-state index in [-0.39, 0.29) is 10.8 Å². The number of halogens is 1. The van der Waals surface area contributed by atoms with E-state index in [2.05, 4.69) is 15.9 Å². The highest BCUT2D eigenvalue weighted by Crippen LogP contribution is 2.13. The van der Waals surface area contributed by atoms with Gasteiger partial charge in [0.05, 0.1) is 17.7 Å². The lowest BCUT2D eigenvalue weighted by atomic mass is 10.3. The third-order valence-electron chi connectivity index (χ3n) is 1.62. The lowest BCUT2D eigenvalue weighted by molar-refractivity contribution is -0.131. The van der Waals surface area contributed by atoms with Crippen molar-refractivity contribution in [3.05, 3.63) is 10.6 Å². The van der Waals surface area contributed by atoms with E-state index in [9.17, 15) is 4.79 Å². The fourth-order valence-corrected chi connectivity index (χ4v) is 1.24. The van der Waals surface area contributed by atoms with Crippen LogP contribution in [0.4, 0.5) is 0 Å². The van der Waals surface area contributed by atoms with Gasteiger partial charge in [0.1, 0.15) is 0 Å². The Labute approximate surface area is 84.6 Å². The number of rotatable bonds is 4. The second-order valence-corrected chi connectivity index (χ2v) is 3.46. The lowest BCUT2D eigenvalue weighted by Gasteiger charge is -2.05. The Balaban J connectivity index is 2.18.